The van der Waals surface area contributed by atoms with Gasteiger partial charge in [-0.15, -0.1) is 11.3 Å². The molecule has 11 heteroatoms. The number of fused-ring (bicyclic) bond motifs is 2. The maximum Gasteiger partial charge on any atom is 0.434 e. The van der Waals surface area contributed by atoms with E-state index in [9.17, 15) is 22.8 Å². The summed E-state index contributed by atoms with van der Waals surface area (Å²) in [5.41, 5.74) is -1.55. The summed E-state index contributed by atoms with van der Waals surface area (Å²) in [6, 6.07) is 10.8. The smallest absolute Gasteiger partial charge is 0.434 e. The molecule has 5 rings (SSSR count). The Labute approximate surface area is 222 Å². The van der Waals surface area contributed by atoms with Crippen LogP contribution < -0.4 is 19.6 Å². The van der Waals surface area contributed by atoms with Gasteiger partial charge in [-0.1, -0.05) is 41.7 Å². The Morgan fingerprint density at radius 1 is 1.18 bits per heavy atom. The summed E-state index contributed by atoms with van der Waals surface area (Å²) in [7, 11) is 1.38. The first-order chi connectivity index (χ1) is 18.2. The minimum atomic E-state index is -4.99. The van der Waals surface area contributed by atoms with Gasteiger partial charge in [0.05, 0.1) is 23.8 Å². The van der Waals surface area contributed by atoms with E-state index in [4.69, 9.17) is 9.47 Å². The second kappa shape index (κ2) is 9.88. The number of alkyl halides is 3. The largest absolute Gasteiger partial charge is 0.496 e. The van der Waals surface area contributed by atoms with E-state index in [2.05, 4.69) is 4.99 Å². The highest BCUT2D eigenvalue weighted by atomic mass is 32.1. The van der Waals surface area contributed by atoms with Crippen molar-refractivity contribution in [3.63, 3.8) is 0 Å². The molecule has 0 radical (unpaired) electrons. The highest BCUT2D eigenvalue weighted by molar-refractivity contribution is 7.11. The highest BCUT2D eigenvalue weighted by Crippen LogP contribution is 2.43. The van der Waals surface area contributed by atoms with Crippen LogP contribution in [0.3, 0.4) is 0 Å². The van der Waals surface area contributed by atoms with Crippen LogP contribution in [0.25, 0.3) is 16.8 Å². The van der Waals surface area contributed by atoms with Crippen molar-refractivity contribution in [2.45, 2.75) is 26.1 Å². The molecule has 0 saturated heterocycles. The van der Waals surface area contributed by atoms with Crippen LogP contribution >= 0.6 is 22.7 Å². The number of thiazole rings is 1. The fourth-order valence-electron chi connectivity index (χ4n) is 4.50. The lowest BCUT2D eigenvalue weighted by atomic mass is 9.90. The van der Waals surface area contributed by atoms with E-state index in [1.807, 2.05) is 18.4 Å². The Morgan fingerprint density at radius 3 is 2.61 bits per heavy atom. The summed E-state index contributed by atoms with van der Waals surface area (Å²) >= 11 is 2.25. The molecule has 2 aromatic carbocycles. The molecule has 0 spiro atoms. The second-order valence-corrected chi connectivity index (χ2v) is 10.4. The Kier molecular flexibility index (Phi) is 6.74. The van der Waals surface area contributed by atoms with E-state index in [1.165, 1.54) is 25.4 Å². The SMILES string of the molecule is CCOC(=O)C1=C(C(F)(F)F)N=c2s/c(=C\c3sccc3C)c(=O)n2[C@@H]1c1c(OC)ccc2ccccc12. The molecule has 1 aliphatic heterocycles. The monoisotopic (exact) mass is 558 g/mol. The molecular weight excluding hydrogens is 537 g/mol. The number of halogens is 3. The number of nitrogens with zero attached hydrogens (tertiary/aromatic N) is 2. The van der Waals surface area contributed by atoms with Crippen LogP contribution in [-0.4, -0.2) is 30.4 Å². The summed E-state index contributed by atoms with van der Waals surface area (Å²) in [5.74, 6) is -0.977. The molecule has 38 heavy (non-hydrogen) atoms. The van der Waals surface area contributed by atoms with Gasteiger partial charge in [0.15, 0.2) is 10.5 Å². The van der Waals surface area contributed by atoms with Gasteiger partial charge in [0.1, 0.15) is 11.8 Å². The first-order valence-corrected chi connectivity index (χ1v) is 13.2. The van der Waals surface area contributed by atoms with Gasteiger partial charge in [-0.2, -0.15) is 13.2 Å². The molecule has 0 unspecified atom stereocenters. The Hall–Kier alpha value is -3.70. The fourth-order valence-corrected chi connectivity index (χ4v) is 6.42. The summed E-state index contributed by atoms with van der Waals surface area (Å²) in [4.78, 5) is 31.5. The van der Waals surface area contributed by atoms with Crippen LogP contribution in [-0.2, 0) is 9.53 Å². The summed E-state index contributed by atoms with van der Waals surface area (Å²) in [6.07, 6.45) is -3.35. The Bertz CT molecular complexity index is 1780. The number of thiophene rings is 1. The zero-order chi connectivity index (χ0) is 27.2. The van der Waals surface area contributed by atoms with Gasteiger partial charge in [-0.05, 0) is 53.8 Å². The zero-order valence-corrected chi connectivity index (χ0v) is 22.1. The number of aromatic nitrogens is 1. The average molecular weight is 559 g/mol. The lowest BCUT2D eigenvalue weighted by molar-refractivity contribution is -0.140. The molecule has 0 bridgehead atoms. The minimum Gasteiger partial charge on any atom is -0.496 e. The fraction of sp³-hybridized carbons (Fsp3) is 0.222. The van der Waals surface area contributed by atoms with Gasteiger partial charge in [-0.25, -0.2) is 9.79 Å². The molecule has 3 heterocycles. The third-order valence-corrected chi connectivity index (χ3v) is 8.13. The van der Waals surface area contributed by atoms with Crippen molar-refractivity contribution < 1.29 is 27.4 Å². The Morgan fingerprint density at radius 2 is 1.95 bits per heavy atom. The van der Waals surface area contributed by atoms with Crippen LogP contribution in [0.5, 0.6) is 5.75 Å². The van der Waals surface area contributed by atoms with Gasteiger partial charge in [0.2, 0.25) is 0 Å². The topological polar surface area (TPSA) is 69.9 Å². The van der Waals surface area contributed by atoms with Gasteiger partial charge >= 0.3 is 12.1 Å². The number of benzene rings is 2. The van der Waals surface area contributed by atoms with E-state index >= 15 is 0 Å². The first-order valence-electron chi connectivity index (χ1n) is 11.6. The van der Waals surface area contributed by atoms with Gasteiger partial charge < -0.3 is 9.47 Å². The molecule has 4 aromatic rings. The van der Waals surface area contributed by atoms with Gasteiger partial charge in [0, 0.05) is 10.4 Å². The van der Waals surface area contributed by atoms with Crippen molar-refractivity contribution in [2.24, 2.45) is 4.99 Å². The van der Waals surface area contributed by atoms with Crippen molar-refractivity contribution >= 4 is 45.5 Å². The van der Waals surface area contributed by atoms with Gasteiger partial charge in [0.25, 0.3) is 5.56 Å². The van der Waals surface area contributed by atoms with Crippen LogP contribution in [0.4, 0.5) is 13.2 Å². The second-order valence-electron chi connectivity index (χ2n) is 8.43. The predicted molar refractivity (Wildman–Crippen MR) is 140 cm³/mol. The number of esters is 1. The molecule has 1 aliphatic rings. The standard InChI is InChI=1S/C27H21F3N2O4S2/c1-4-36-25(34)21-22(20-16-8-6-5-7-15(16)9-10-17(20)35-3)32-24(33)19(13-18-14(2)11-12-37-18)38-26(32)31-23(21)27(28,29)30/h5-13,22H,4H2,1-3H3/b19-13-/t22-/m1/s1. The van der Waals surface area contributed by atoms with E-state index in [0.717, 1.165) is 26.3 Å². The molecule has 0 N–H and O–H groups in total. The quantitative estimate of drug-likeness (QED) is 0.328. The van der Waals surface area contributed by atoms with Crippen molar-refractivity contribution in [1.82, 2.24) is 4.57 Å². The molecule has 1 atom stereocenters. The summed E-state index contributed by atoms with van der Waals surface area (Å²) < 4.78 is 55.4. The molecule has 0 amide bonds. The molecule has 196 valence electrons. The predicted octanol–water partition coefficient (Wildman–Crippen LogP) is 4.87. The number of ether oxygens (including phenoxy) is 2. The normalized spacial score (nSPS) is 15.9. The molecule has 0 saturated carbocycles. The van der Waals surface area contributed by atoms with Crippen LogP contribution in [0.1, 0.15) is 29.0 Å². The van der Waals surface area contributed by atoms with E-state index in [-0.39, 0.29) is 27.3 Å². The third kappa shape index (κ3) is 4.35. The van der Waals surface area contributed by atoms with Crippen molar-refractivity contribution in [3.05, 3.63) is 94.8 Å². The number of hydrogen-bond acceptors (Lipinski definition) is 7. The molecule has 0 aliphatic carbocycles. The summed E-state index contributed by atoms with van der Waals surface area (Å²) in [6.45, 7) is 3.22. The average Bonchev–Trinajstić information content (AvgIpc) is 3.44. The first kappa shape index (κ1) is 25.9. The van der Waals surface area contributed by atoms with E-state index in [1.54, 1.807) is 42.5 Å². The van der Waals surface area contributed by atoms with Crippen molar-refractivity contribution in [1.29, 1.82) is 0 Å². The Balaban J connectivity index is 1.94. The van der Waals surface area contributed by atoms with E-state index < -0.39 is 35.0 Å². The molecular formula is C27H21F3N2O4S2. The van der Waals surface area contributed by atoms with Crippen LogP contribution in [0.15, 0.2) is 68.9 Å². The van der Waals surface area contributed by atoms with E-state index in [0.29, 0.717) is 10.8 Å². The molecule has 6 nitrogen and oxygen atoms in total. The maximum absolute atomic E-state index is 14.5. The number of carbonyl (C=O) groups excluding carboxylic acids is 1. The van der Waals surface area contributed by atoms with Crippen molar-refractivity contribution in [3.8, 4) is 5.75 Å². The highest BCUT2D eigenvalue weighted by Gasteiger charge is 2.46. The van der Waals surface area contributed by atoms with Crippen molar-refractivity contribution in [2.75, 3.05) is 13.7 Å². The number of rotatable bonds is 5. The molecule has 2 aromatic heterocycles. The lowest BCUT2D eigenvalue weighted by Crippen LogP contribution is -2.41. The number of hydrogen-bond donors (Lipinski definition) is 0. The number of aryl methyl sites for hydroxylation is 1. The third-order valence-electron chi connectivity index (χ3n) is 6.18. The molecule has 0 fully saturated rings. The van der Waals surface area contributed by atoms with Crippen LogP contribution in [0.2, 0.25) is 0 Å². The lowest BCUT2D eigenvalue weighted by Gasteiger charge is -2.28. The summed E-state index contributed by atoms with van der Waals surface area (Å²) in [5, 5.41) is 3.10. The number of allylic oxidation sites excluding steroid dienone is 1. The van der Waals surface area contributed by atoms with Crippen LogP contribution in [0, 0.1) is 6.92 Å². The minimum absolute atomic E-state index is 0.158. The number of methoxy groups -OCH3 is 1. The maximum atomic E-state index is 14.5. The number of carbonyl (C=O) groups is 1. The van der Waals surface area contributed by atoms with Gasteiger partial charge in [-0.3, -0.25) is 9.36 Å². The zero-order valence-electron chi connectivity index (χ0n) is 20.5.